The minimum atomic E-state index is -1.52. The van der Waals surface area contributed by atoms with Gasteiger partial charge in [0.15, 0.2) is 6.10 Å². The number of unbranched alkanes of at least 4 members (excludes halogenated alkanes) is 16. The number of likely N-dealkylation sites (N-methyl/N-ethyl adjacent to an activating group) is 1. The molecule has 9 heteroatoms. The summed E-state index contributed by atoms with van der Waals surface area (Å²) in [5.74, 6) is -2.05. The average Bonchev–Trinajstić information content (AvgIpc) is 3.36. The second-order valence-electron chi connectivity index (χ2n) is 19.9. The number of quaternary nitrogens is 1. The number of carboxylic acids is 1. The highest BCUT2D eigenvalue weighted by atomic mass is 16.7. The van der Waals surface area contributed by atoms with E-state index in [9.17, 15) is 19.5 Å². The second-order valence-corrected chi connectivity index (χ2v) is 19.9. The van der Waals surface area contributed by atoms with E-state index in [2.05, 4.69) is 135 Å². The number of hydrogen-bond acceptors (Lipinski definition) is 7. The van der Waals surface area contributed by atoms with Crippen molar-refractivity contribution in [3.63, 3.8) is 0 Å². The van der Waals surface area contributed by atoms with Crippen LogP contribution < -0.4 is 0 Å². The number of carbonyl (C=O) groups excluding carboxylic acids is 2. The molecule has 2 atom stereocenters. The van der Waals surface area contributed by atoms with Crippen LogP contribution in [0.15, 0.2) is 122 Å². The molecule has 9 nitrogen and oxygen atoms in total. The van der Waals surface area contributed by atoms with Crippen LogP contribution in [0.25, 0.3) is 0 Å². The van der Waals surface area contributed by atoms with Gasteiger partial charge in [0.2, 0.25) is 0 Å². The Balaban J connectivity index is 4.32. The molecule has 0 spiro atoms. The number of carboxylic acid groups (broad SMARTS) is 1. The molecular weight excluding hydrogens is 911 g/mol. The zero-order valence-electron chi connectivity index (χ0n) is 47.0. The Morgan fingerprint density at radius 1 is 0.425 bits per heavy atom. The number of aliphatic carboxylic acids is 1. The first kappa shape index (κ1) is 68.7. The molecule has 0 rings (SSSR count). The van der Waals surface area contributed by atoms with Crippen molar-refractivity contribution in [2.45, 2.75) is 219 Å². The molecule has 0 aliphatic heterocycles. The highest BCUT2D eigenvalue weighted by Gasteiger charge is 2.25. The SMILES string of the molecule is CC/C=C\C/C=C\C/C=C\C/C=C\C/C=C\C/C=C\C/C=C\C/C=C\CCCCCCCCC(=O)OC(COC(=O)CCCCCCCCC/C=C\C/C=C\CCCCC)COC(OCC[N+](C)(C)C)C(=O)O. The first-order valence-electron chi connectivity index (χ1n) is 28.7. The summed E-state index contributed by atoms with van der Waals surface area (Å²) in [4.78, 5) is 37.4. The number of ether oxygens (including phenoxy) is 4. The third-order valence-electron chi connectivity index (χ3n) is 11.7. The molecule has 0 bridgehead atoms. The van der Waals surface area contributed by atoms with Crippen molar-refractivity contribution in [2.75, 3.05) is 47.5 Å². The van der Waals surface area contributed by atoms with Crippen molar-refractivity contribution in [3.05, 3.63) is 122 Å². The van der Waals surface area contributed by atoms with Crippen molar-refractivity contribution in [1.29, 1.82) is 0 Å². The lowest BCUT2D eigenvalue weighted by Gasteiger charge is -2.25. The van der Waals surface area contributed by atoms with Gasteiger partial charge in [-0.3, -0.25) is 9.59 Å². The zero-order chi connectivity index (χ0) is 53.4. The second kappa shape index (κ2) is 54.0. The molecule has 0 radical (unpaired) electrons. The van der Waals surface area contributed by atoms with E-state index in [4.69, 9.17) is 18.9 Å². The van der Waals surface area contributed by atoms with E-state index in [1.165, 1.54) is 44.9 Å². The van der Waals surface area contributed by atoms with E-state index >= 15 is 0 Å². The number of nitrogens with zero attached hydrogens (tertiary/aromatic N) is 1. The van der Waals surface area contributed by atoms with Gasteiger partial charge in [0.05, 0.1) is 34.4 Å². The molecule has 0 aromatic heterocycles. The molecule has 1 N–H and O–H groups in total. The van der Waals surface area contributed by atoms with Crippen LogP contribution >= 0.6 is 0 Å². The Morgan fingerprint density at radius 2 is 0.781 bits per heavy atom. The van der Waals surface area contributed by atoms with Gasteiger partial charge in [-0.15, -0.1) is 0 Å². The molecule has 2 unspecified atom stereocenters. The molecule has 0 aliphatic carbocycles. The molecule has 0 aromatic rings. The lowest BCUT2D eigenvalue weighted by atomic mass is 10.1. The summed E-state index contributed by atoms with van der Waals surface area (Å²) >= 11 is 0. The highest BCUT2D eigenvalue weighted by molar-refractivity contribution is 5.71. The molecule has 0 aliphatic rings. The van der Waals surface area contributed by atoms with Gasteiger partial charge in [-0.25, -0.2) is 4.79 Å². The first-order chi connectivity index (χ1) is 35.6. The van der Waals surface area contributed by atoms with Crippen LogP contribution in [0.1, 0.15) is 206 Å². The van der Waals surface area contributed by atoms with E-state index in [0.717, 1.165) is 128 Å². The first-order valence-corrected chi connectivity index (χ1v) is 28.7. The highest BCUT2D eigenvalue weighted by Crippen LogP contribution is 2.14. The topological polar surface area (TPSA) is 108 Å². The molecule has 0 amide bonds. The Morgan fingerprint density at radius 3 is 1.16 bits per heavy atom. The van der Waals surface area contributed by atoms with Crippen LogP contribution in [0.5, 0.6) is 0 Å². The predicted molar refractivity (Wildman–Crippen MR) is 308 cm³/mol. The quantitative estimate of drug-likeness (QED) is 0.0211. The standard InChI is InChI=1S/C64H105NO8/c1-6-8-10-12-14-16-18-20-22-24-25-26-27-28-29-30-31-32-33-34-35-36-37-39-41-43-45-47-49-51-53-55-62(67)73-60(59-72-64(63(68)69)70-57-56-65(3,4)5)58-71-61(66)54-52-50-48-46-44-42-40-38-23-21-19-17-15-13-11-9-7-2/h8,10,14-17,20-23,25-26,28-29,31-32,34-35,37,39,60,64H,6-7,9,11-13,18-19,24,27,30,33,36,38,40-59H2,1-5H3/p+1/b10-8-,16-14-,17-15-,22-20-,23-21-,26-25-,29-28-,32-31-,35-34-,39-37-. The molecule has 73 heavy (non-hydrogen) atoms. The third kappa shape index (κ3) is 55.3. The van der Waals surface area contributed by atoms with Gasteiger partial charge in [-0.1, -0.05) is 206 Å². The molecule has 414 valence electrons. The van der Waals surface area contributed by atoms with Gasteiger partial charge in [-0.05, 0) is 109 Å². The molecule has 0 saturated carbocycles. The van der Waals surface area contributed by atoms with Crippen molar-refractivity contribution < 1.29 is 42.9 Å². The van der Waals surface area contributed by atoms with Crippen LogP contribution in [-0.4, -0.2) is 87.4 Å². The fourth-order valence-electron chi connectivity index (χ4n) is 7.29. The minimum absolute atomic E-state index is 0.176. The Hall–Kier alpha value is -4.31. The largest absolute Gasteiger partial charge is 0.477 e. The maximum Gasteiger partial charge on any atom is 0.361 e. The lowest BCUT2D eigenvalue weighted by Crippen LogP contribution is -2.40. The summed E-state index contributed by atoms with van der Waals surface area (Å²) in [6.45, 7) is 4.69. The third-order valence-corrected chi connectivity index (χ3v) is 11.7. The maximum atomic E-state index is 12.9. The van der Waals surface area contributed by atoms with Gasteiger partial charge < -0.3 is 28.5 Å². The molecular formula is C64H106NO8+. The van der Waals surface area contributed by atoms with Gasteiger partial charge in [0.1, 0.15) is 13.2 Å². The summed E-state index contributed by atoms with van der Waals surface area (Å²) in [5.41, 5.74) is 0. The lowest BCUT2D eigenvalue weighted by molar-refractivity contribution is -0.870. The summed E-state index contributed by atoms with van der Waals surface area (Å²) in [5, 5.41) is 9.70. The van der Waals surface area contributed by atoms with Crippen molar-refractivity contribution in [1.82, 2.24) is 0 Å². The smallest absolute Gasteiger partial charge is 0.361 e. The van der Waals surface area contributed by atoms with Crippen molar-refractivity contribution in [3.8, 4) is 0 Å². The van der Waals surface area contributed by atoms with Crippen LogP contribution in [0.4, 0.5) is 0 Å². The van der Waals surface area contributed by atoms with Crippen LogP contribution in [-0.2, 0) is 33.3 Å². The number of allylic oxidation sites excluding steroid dienone is 20. The van der Waals surface area contributed by atoms with Crippen molar-refractivity contribution >= 4 is 17.9 Å². The zero-order valence-corrected chi connectivity index (χ0v) is 47.0. The van der Waals surface area contributed by atoms with Crippen LogP contribution in [0.3, 0.4) is 0 Å². The number of hydrogen-bond donors (Lipinski definition) is 1. The predicted octanol–water partition coefficient (Wildman–Crippen LogP) is 16.9. The summed E-state index contributed by atoms with van der Waals surface area (Å²) in [7, 11) is 5.95. The summed E-state index contributed by atoms with van der Waals surface area (Å²) in [6.07, 6.45) is 72.7. The maximum absolute atomic E-state index is 12.9. The van der Waals surface area contributed by atoms with E-state index < -0.39 is 24.3 Å². The number of carbonyl (C=O) groups is 3. The average molecular weight is 1020 g/mol. The molecule has 0 saturated heterocycles. The minimum Gasteiger partial charge on any atom is -0.477 e. The molecule has 0 fully saturated rings. The molecule has 0 heterocycles. The normalized spacial score (nSPS) is 13.7. The van der Waals surface area contributed by atoms with Crippen LogP contribution in [0.2, 0.25) is 0 Å². The van der Waals surface area contributed by atoms with Gasteiger partial charge in [0, 0.05) is 12.8 Å². The van der Waals surface area contributed by atoms with Gasteiger partial charge >= 0.3 is 17.9 Å². The fourth-order valence-corrected chi connectivity index (χ4v) is 7.29. The van der Waals surface area contributed by atoms with Crippen molar-refractivity contribution in [2.24, 2.45) is 0 Å². The monoisotopic (exact) mass is 1020 g/mol. The van der Waals surface area contributed by atoms with Crippen LogP contribution in [0, 0.1) is 0 Å². The van der Waals surface area contributed by atoms with E-state index in [0.29, 0.717) is 17.4 Å². The Bertz CT molecular complexity index is 1610. The summed E-state index contributed by atoms with van der Waals surface area (Å²) in [6, 6.07) is 0. The van der Waals surface area contributed by atoms with E-state index in [-0.39, 0.29) is 38.6 Å². The number of esters is 2. The Kier molecular flexibility index (Phi) is 50.8. The summed E-state index contributed by atoms with van der Waals surface area (Å²) < 4.78 is 22.8. The molecule has 0 aromatic carbocycles. The van der Waals surface area contributed by atoms with Gasteiger partial charge in [-0.2, -0.15) is 0 Å². The Labute approximate surface area is 447 Å². The van der Waals surface area contributed by atoms with Gasteiger partial charge in [0.25, 0.3) is 6.29 Å². The fraction of sp³-hybridized carbons (Fsp3) is 0.641. The number of rotatable bonds is 51. The van der Waals surface area contributed by atoms with E-state index in [1.807, 2.05) is 21.1 Å². The van der Waals surface area contributed by atoms with E-state index in [1.54, 1.807) is 0 Å².